The average molecular weight is 269 g/mol. The zero-order chi connectivity index (χ0) is 13.8. The van der Waals surface area contributed by atoms with Crippen LogP contribution in [0.15, 0.2) is 42.5 Å². The molecule has 0 aliphatic carbocycles. The molecule has 1 saturated heterocycles. The third kappa shape index (κ3) is 2.91. The number of H-pyrrole nitrogens is 1. The highest BCUT2D eigenvalue weighted by atomic mass is 16.1. The number of aromatic amines is 1. The van der Waals surface area contributed by atoms with Crippen molar-refractivity contribution in [1.82, 2.24) is 15.6 Å². The van der Waals surface area contributed by atoms with Crippen LogP contribution in [0, 0.1) is 0 Å². The molecule has 2 heterocycles. The van der Waals surface area contributed by atoms with Crippen molar-refractivity contribution in [3.8, 4) is 11.3 Å². The molecule has 1 aromatic carbocycles. The molecule has 0 radical (unpaired) electrons. The SMILES string of the molecule is O=C(NC1CCNCC1)c1ccc(-c2ccccc2)[nH]1. The summed E-state index contributed by atoms with van der Waals surface area (Å²) in [6.45, 7) is 1.95. The summed E-state index contributed by atoms with van der Waals surface area (Å²) in [5, 5.41) is 6.38. The summed E-state index contributed by atoms with van der Waals surface area (Å²) < 4.78 is 0. The Hall–Kier alpha value is -2.07. The fourth-order valence-corrected chi connectivity index (χ4v) is 2.54. The number of benzene rings is 1. The first-order valence-corrected chi connectivity index (χ1v) is 7.09. The van der Waals surface area contributed by atoms with E-state index in [4.69, 9.17) is 0 Å². The Morgan fingerprint density at radius 1 is 1.05 bits per heavy atom. The molecule has 0 bridgehead atoms. The maximum atomic E-state index is 12.2. The predicted molar refractivity (Wildman–Crippen MR) is 79.6 cm³/mol. The zero-order valence-electron chi connectivity index (χ0n) is 11.4. The van der Waals surface area contributed by atoms with E-state index in [2.05, 4.69) is 15.6 Å². The molecule has 2 aromatic rings. The van der Waals surface area contributed by atoms with Crippen LogP contribution in [0.5, 0.6) is 0 Å². The minimum atomic E-state index is -0.0147. The predicted octanol–water partition coefficient (Wildman–Crippen LogP) is 2.16. The molecule has 0 spiro atoms. The Morgan fingerprint density at radius 2 is 1.80 bits per heavy atom. The van der Waals surface area contributed by atoms with E-state index >= 15 is 0 Å². The molecule has 1 amide bonds. The number of hydrogen-bond donors (Lipinski definition) is 3. The summed E-state index contributed by atoms with van der Waals surface area (Å²) in [7, 11) is 0. The Bertz CT molecular complexity index is 570. The van der Waals surface area contributed by atoms with Crippen molar-refractivity contribution in [2.45, 2.75) is 18.9 Å². The molecule has 4 nitrogen and oxygen atoms in total. The number of rotatable bonds is 3. The quantitative estimate of drug-likeness (QED) is 0.800. The minimum Gasteiger partial charge on any atom is -0.351 e. The van der Waals surface area contributed by atoms with Crippen LogP contribution in [0.2, 0.25) is 0 Å². The fourth-order valence-electron chi connectivity index (χ4n) is 2.54. The second kappa shape index (κ2) is 5.92. The molecular formula is C16H19N3O. The second-order valence-corrected chi connectivity index (χ2v) is 5.15. The summed E-state index contributed by atoms with van der Waals surface area (Å²) in [6.07, 6.45) is 2.00. The molecule has 1 aromatic heterocycles. The van der Waals surface area contributed by atoms with Gasteiger partial charge in [-0.1, -0.05) is 30.3 Å². The smallest absolute Gasteiger partial charge is 0.267 e. The van der Waals surface area contributed by atoms with Crippen LogP contribution in [0.25, 0.3) is 11.3 Å². The van der Waals surface area contributed by atoms with Gasteiger partial charge in [-0.25, -0.2) is 0 Å². The van der Waals surface area contributed by atoms with E-state index in [1.54, 1.807) is 0 Å². The van der Waals surface area contributed by atoms with Gasteiger partial charge in [-0.05, 0) is 43.6 Å². The van der Waals surface area contributed by atoms with Crippen LogP contribution >= 0.6 is 0 Å². The van der Waals surface area contributed by atoms with Gasteiger partial charge in [-0.3, -0.25) is 4.79 Å². The molecule has 1 fully saturated rings. The molecule has 0 unspecified atom stereocenters. The van der Waals surface area contributed by atoms with Gasteiger partial charge in [0.1, 0.15) is 5.69 Å². The lowest BCUT2D eigenvalue weighted by atomic mass is 10.1. The molecule has 4 heteroatoms. The highest BCUT2D eigenvalue weighted by molar-refractivity contribution is 5.93. The molecule has 3 rings (SSSR count). The van der Waals surface area contributed by atoms with E-state index < -0.39 is 0 Å². The van der Waals surface area contributed by atoms with E-state index in [1.807, 2.05) is 42.5 Å². The molecule has 0 saturated carbocycles. The lowest BCUT2D eigenvalue weighted by Crippen LogP contribution is -2.42. The summed E-state index contributed by atoms with van der Waals surface area (Å²) in [6, 6.07) is 14.1. The number of carbonyl (C=O) groups is 1. The standard InChI is InChI=1S/C16H19N3O/c20-16(18-13-8-10-17-11-9-13)15-7-6-14(19-15)12-4-2-1-3-5-12/h1-7,13,17,19H,8-11H2,(H,18,20). The molecule has 0 atom stereocenters. The van der Waals surface area contributed by atoms with E-state index in [-0.39, 0.29) is 11.9 Å². The third-order valence-corrected chi connectivity index (χ3v) is 3.69. The largest absolute Gasteiger partial charge is 0.351 e. The first-order chi connectivity index (χ1) is 9.83. The Morgan fingerprint density at radius 3 is 2.55 bits per heavy atom. The number of piperidine rings is 1. The summed E-state index contributed by atoms with van der Waals surface area (Å²) in [5.41, 5.74) is 2.69. The van der Waals surface area contributed by atoms with E-state index in [0.29, 0.717) is 5.69 Å². The lowest BCUT2D eigenvalue weighted by Gasteiger charge is -2.23. The number of aromatic nitrogens is 1. The van der Waals surface area contributed by atoms with Gasteiger partial charge in [0.15, 0.2) is 0 Å². The van der Waals surface area contributed by atoms with E-state index in [1.165, 1.54) is 0 Å². The van der Waals surface area contributed by atoms with Gasteiger partial charge in [-0.15, -0.1) is 0 Å². The summed E-state index contributed by atoms with van der Waals surface area (Å²) in [5.74, 6) is -0.0147. The van der Waals surface area contributed by atoms with Crippen LogP contribution in [0.1, 0.15) is 23.3 Å². The van der Waals surface area contributed by atoms with Gasteiger partial charge >= 0.3 is 0 Å². The number of hydrogen-bond acceptors (Lipinski definition) is 2. The topological polar surface area (TPSA) is 56.9 Å². The van der Waals surface area contributed by atoms with Crippen molar-refractivity contribution in [2.75, 3.05) is 13.1 Å². The number of carbonyl (C=O) groups excluding carboxylic acids is 1. The molecule has 3 N–H and O–H groups in total. The van der Waals surface area contributed by atoms with Crippen LogP contribution in [0.3, 0.4) is 0 Å². The lowest BCUT2D eigenvalue weighted by molar-refractivity contribution is 0.0925. The third-order valence-electron chi connectivity index (χ3n) is 3.69. The Kier molecular flexibility index (Phi) is 3.83. The van der Waals surface area contributed by atoms with Crippen LogP contribution in [-0.4, -0.2) is 30.0 Å². The first-order valence-electron chi connectivity index (χ1n) is 7.09. The highest BCUT2D eigenvalue weighted by Crippen LogP contribution is 2.18. The van der Waals surface area contributed by atoms with Crippen LogP contribution in [-0.2, 0) is 0 Å². The van der Waals surface area contributed by atoms with Crippen molar-refractivity contribution in [2.24, 2.45) is 0 Å². The van der Waals surface area contributed by atoms with Gasteiger partial charge in [0.25, 0.3) is 5.91 Å². The molecule has 104 valence electrons. The molecule has 1 aliphatic rings. The van der Waals surface area contributed by atoms with Crippen molar-refractivity contribution in [3.05, 3.63) is 48.2 Å². The molecular weight excluding hydrogens is 250 g/mol. The van der Waals surface area contributed by atoms with E-state index in [0.717, 1.165) is 37.2 Å². The number of amides is 1. The van der Waals surface area contributed by atoms with Gasteiger partial charge in [0, 0.05) is 11.7 Å². The number of nitrogens with one attached hydrogen (secondary N) is 3. The highest BCUT2D eigenvalue weighted by Gasteiger charge is 2.17. The van der Waals surface area contributed by atoms with Crippen molar-refractivity contribution in [1.29, 1.82) is 0 Å². The first kappa shape index (κ1) is 12.9. The zero-order valence-corrected chi connectivity index (χ0v) is 11.4. The summed E-state index contributed by atoms with van der Waals surface area (Å²) in [4.78, 5) is 15.4. The van der Waals surface area contributed by atoms with Gasteiger partial charge in [0.05, 0.1) is 0 Å². The van der Waals surface area contributed by atoms with E-state index in [9.17, 15) is 4.79 Å². The maximum absolute atomic E-state index is 12.2. The molecule has 1 aliphatic heterocycles. The monoisotopic (exact) mass is 269 g/mol. The Balaban J connectivity index is 1.68. The van der Waals surface area contributed by atoms with Gasteiger partial charge < -0.3 is 15.6 Å². The maximum Gasteiger partial charge on any atom is 0.267 e. The van der Waals surface area contributed by atoms with Gasteiger partial charge in [-0.2, -0.15) is 0 Å². The van der Waals surface area contributed by atoms with Crippen LogP contribution in [0.4, 0.5) is 0 Å². The van der Waals surface area contributed by atoms with Crippen molar-refractivity contribution >= 4 is 5.91 Å². The normalized spacial score (nSPS) is 16.0. The fraction of sp³-hybridized carbons (Fsp3) is 0.312. The second-order valence-electron chi connectivity index (χ2n) is 5.15. The Labute approximate surface area is 118 Å². The average Bonchev–Trinajstić information content (AvgIpc) is 2.99. The summed E-state index contributed by atoms with van der Waals surface area (Å²) >= 11 is 0. The van der Waals surface area contributed by atoms with Crippen molar-refractivity contribution < 1.29 is 4.79 Å². The molecule has 20 heavy (non-hydrogen) atoms. The minimum absolute atomic E-state index is 0.0147. The van der Waals surface area contributed by atoms with Crippen molar-refractivity contribution in [3.63, 3.8) is 0 Å². The van der Waals surface area contributed by atoms with Crippen LogP contribution < -0.4 is 10.6 Å². The van der Waals surface area contributed by atoms with Gasteiger partial charge in [0.2, 0.25) is 0 Å².